The Bertz CT molecular complexity index is 379. The van der Waals surface area contributed by atoms with Gasteiger partial charge in [-0.15, -0.1) is 0 Å². The number of fused-ring (bicyclic) bond motifs is 1. The Morgan fingerprint density at radius 2 is 2.16 bits per heavy atom. The first-order valence-electron chi connectivity index (χ1n) is 6.38. The monoisotopic (exact) mass is 398 g/mol. The van der Waals surface area contributed by atoms with Crippen molar-refractivity contribution in [3.63, 3.8) is 0 Å². The van der Waals surface area contributed by atoms with E-state index >= 15 is 0 Å². The molecule has 0 radical (unpaired) electrons. The molecule has 108 valence electrons. The number of ketones is 1. The summed E-state index contributed by atoms with van der Waals surface area (Å²) in [6.07, 6.45) is 5.67. The molecule has 0 amide bonds. The lowest BCUT2D eigenvalue weighted by atomic mass is 9.80. The first-order valence-corrected chi connectivity index (χ1v) is 9.67. The molecular formula is C13H19IO4S. The van der Waals surface area contributed by atoms with Gasteiger partial charge in [0, 0.05) is 40.0 Å². The Balaban J connectivity index is 2.12. The van der Waals surface area contributed by atoms with E-state index in [0.717, 1.165) is 6.42 Å². The summed E-state index contributed by atoms with van der Waals surface area (Å²) in [4.78, 5) is 23.3. The van der Waals surface area contributed by atoms with Crippen LogP contribution >= 0.6 is 30.4 Å². The summed E-state index contributed by atoms with van der Waals surface area (Å²) >= 11 is 2.06. The van der Waals surface area contributed by atoms with Crippen LogP contribution in [0.5, 0.6) is 0 Å². The molecule has 1 fully saturated rings. The molecule has 0 aliphatic heterocycles. The average molecular weight is 398 g/mol. The normalized spacial score (nSPS) is 34.6. The maximum absolute atomic E-state index is 12.3. The van der Waals surface area contributed by atoms with Crippen LogP contribution in [0.1, 0.15) is 40.0 Å². The summed E-state index contributed by atoms with van der Waals surface area (Å²) in [6.45, 7) is 5.78. The van der Waals surface area contributed by atoms with Gasteiger partial charge in [0.1, 0.15) is 6.10 Å². The molecule has 0 heterocycles. The van der Waals surface area contributed by atoms with Crippen LogP contribution in [-0.4, -0.2) is 23.1 Å². The van der Waals surface area contributed by atoms with Crippen LogP contribution < -0.4 is 0 Å². The maximum atomic E-state index is 12.3. The molecule has 6 heteroatoms. The molecule has 0 aromatic heterocycles. The lowest BCUT2D eigenvalue weighted by molar-refractivity contribution is -0.379. The summed E-state index contributed by atoms with van der Waals surface area (Å²) in [5.74, 6) is 0.156. The molecule has 0 bridgehead atoms. The highest BCUT2D eigenvalue weighted by molar-refractivity contribution is 14.2. The predicted octanol–water partition coefficient (Wildman–Crippen LogP) is 3.79. The van der Waals surface area contributed by atoms with Gasteiger partial charge in [-0.3, -0.25) is 8.98 Å². The van der Waals surface area contributed by atoms with Crippen LogP contribution in [0.3, 0.4) is 0 Å². The molecule has 2 rings (SSSR count). The minimum Gasteiger partial charge on any atom is -0.296 e. The van der Waals surface area contributed by atoms with Gasteiger partial charge < -0.3 is 0 Å². The molecule has 0 aromatic rings. The van der Waals surface area contributed by atoms with Crippen molar-refractivity contribution >= 4 is 36.2 Å². The van der Waals surface area contributed by atoms with Gasteiger partial charge in [0.05, 0.1) is 14.8 Å². The van der Waals surface area contributed by atoms with Crippen molar-refractivity contribution in [1.82, 2.24) is 0 Å². The Labute approximate surface area is 130 Å². The number of rotatable bonds is 4. The quantitative estimate of drug-likeness (QED) is 0.237. The topological polar surface area (TPSA) is 44.8 Å². The Morgan fingerprint density at radius 3 is 2.79 bits per heavy atom. The van der Waals surface area contributed by atoms with E-state index in [1.54, 1.807) is 0 Å². The molecular weight excluding hydrogens is 379 g/mol. The van der Waals surface area contributed by atoms with E-state index in [9.17, 15) is 4.79 Å². The van der Waals surface area contributed by atoms with Crippen molar-refractivity contribution < 1.29 is 18.8 Å². The van der Waals surface area contributed by atoms with Crippen molar-refractivity contribution in [1.29, 1.82) is 0 Å². The number of hydrogen-bond donors (Lipinski definition) is 0. The third kappa shape index (κ3) is 3.34. The lowest BCUT2D eigenvalue weighted by Crippen LogP contribution is -2.44. The average Bonchev–Trinajstić information content (AvgIpc) is 2.60. The molecule has 2 aliphatic carbocycles. The van der Waals surface area contributed by atoms with Crippen molar-refractivity contribution in [3.05, 3.63) is 12.2 Å². The number of carbonyl (C=O) groups is 1. The molecule has 0 aromatic carbocycles. The summed E-state index contributed by atoms with van der Waals surface area (Å²) in [5, 5.41) is 0. The van der Waals surface area contributed by atoms with E-state index in [-0.39, 0.29) is 23.4 Å². The second-order valence-corrected chi connectivity index (χ2v) is 7.38. The van der Waals surface area contributed by atoms with E-state index in [2.05, 4.69) is 27.3 Å². The number of halogens is 1. The molecule has 3 atom stereocenters. The van der Waals surface area contributed by atoms with Gasteiger partial charge in [0.2, 0.25) is 0 Å². The third-order valence-corrected chi connectivity index (χ3v) is 4.39. The fourth-order valence-electron chi connectivity index (χ4n) is 2.62. The summed E-state index contributed by atoms with van der Waals surface area (Å²) in [5.41, 5.74) is -1.11. The molecule has 0 spiro atoms. The molecule has 0 unspecified atom stereocenters. The molecule has 19 heavy (non-hydrogen) atoms. The zero-order valence-corrected chi connectivity index (χ0v) is 14.3. The third-order valence-electron chi connectivity index (χ3n) is 3.49. The Morgan fingerprint density at radius 1 is 1.42 bits per heavy atom. The minimum atomic E-state index is -0.730. The van der Waals surface area contributed by atoms with Gasteiger partial charge in [-0.25, -0.2) is 9.78 Å². The molecule has 2 aliphatic rings. The number of Topliss-reactive ketones (excluding diaryl/α,β-unsaturated/α-hetero) is 1. The van der Waals surface area contributed by atoms with E-state index in [1.165, 1.54) is 9.21 Å². The van der Waals surface area contributed by atoms with E-state index in [1.807, 2.05) is 26.8 Å². The van der Waals surface area contributed by atoms with Crippen LogP contribution in [0.15, 0.2) is 12.2 Å². The van der Waals surface area contributed by atoms with Crippen molar-refractivity contribution in [3.8, 4) is 0 Å². The first-order chi connectivity index (χ1) is 8.89. The van der Waals surface area contributed by atoms with Crippen LogP contribution in [0, 0.1) is 5.92 Å². The maximum Gasteiger partial charge on any atom is 0.169 e. The number of carbonyl (C=O) groups excluding carboxylic acids is 1. The SMILES string of the molecule is CC(C)(C)OO[C@@H]1CC(=O)[C@@]2(OSI)CC=CC[C@H]12. The summed E-state index contributed by atoms with van der Waals surface area (Å²) in [7, 11) is 1.22. The second kappa shape index (κ2) is 6.01. The zero-order valence-electron chi connectivity index (χ0n) is 11.3. The fraction of sp³-hybridized carbons (Fsp3) is 0.769. The highest BCUT2D eigenvalue weighted by Crippen LogP contribution is 2.48. The summed E-state index contributed by atoms with van der Waals surface area (Å²) in [6, 6.07) is 0. The zero-order chi connectivity index (χ0) is 14.1. The molecule has 4 nitrogen and oxygen atoms in total. The summed E-state index contributed by atoms with van der Waals surface area (Å²) < 4.78 is 5.74. The van der Waals surface area contributed by atoms with Gasteiger partial charge in [-0.2, -0.15) is 0 Å². The minimum absolute atomic E-state index is 0.0367. The standard InChI is InChI=1S/C13H19IO4S/c1-12(2,3)17-16-10-8-11(15)13(18-19-14)7-5-4-6-9(10)13/h4-5,9-10H,6-8H2,1-3H3/t9-,10-,13-/m1/s1. The van der Waals surface area contributed by atoms with Crippen LogP contribution in [-0.2, 0) is 18.8 Å². The highest BCUT2D eigenvalue weighted by atomic mass is 127. The fourth-order valence-corrected chi connectivity index (χ4v) is 3.98. The van der Waals surface area contributed by atoms with Crippen molar-refractivity contribution in [2.24, 2.45) is 5.92 Å². The second-order valence-electron chi connectivity index (χ2n) is 6.01. The smallest absolute Gasteiger partial charge is 0.169 e. The van der Waals surface area contributed by atoms with Gasteiger partial charge in [-0.1, -0.05) is 12.2 Å². The van der Waals surface area contributed by atoms with Crippen LogP contribution in [0.25, 0.3) is 0 Å². The van der Waals surface area contributed by atoms with Gasteiger partial charge in [0.15, 0.2) is 11.4 Å². The highest BCUT2D eigenvalue weighted by Gasteiger charge is 2.57. The van der Waals surface area contributed by atoms with E-state index < -0.39 is 5.60 Å². The van der Waals surface area contributed by atoms with E-state index in [4.69, 9.17) is 14.0 Å². The number of hydrogen-bond acceptors (Lipinski definition) is 5. The van der Waals surface area contributed by atoms with Gasteiger partial charge in [-0.05, 0) is 27.2 Å². The molecule has 0 saturated heterocycles. The van der Waals surface area contributed by atoms with Crippen LogP contribution in [0.2, 0.25) is 0 Å². The van der Waals surface area contributed by atoms with Crippen molar-refractivity contribution in [2.75, 3.05) is 0 Å². The van der Waals surface area contributed by atoms with Crippen molar-refractivity contribution in [2.45, 2.75) is 57.3 Å². The Hall–Kier alpha value is 0.370. The first kappa shape index (κ1) is 15.8. The van der Waals surface area contributed by atoms with Gasteiger partial charge >= 0.3 is 0 Å². The lowest BCUT2D eigenvalue weighted by Gasteiger charge is -2.35. The Kier molecular flexibility index (Phi) is 4.98. The van der Waals surface area contributed by atoms with Crippen LogP contribution in [0.4, 0.5) is 0 Å². The largest absolute Gasteiger partial charge is 0.296 e. The van der Waals surface area contributed by atoms with Gasteiger partial charge in [0.25, 0.3) is 0 Å². The predicted molar refractivity (Wildman–Crippen MR) is 82.6 cm³/mol. The molecule has 0 N–H and O–H groups in total. The van der Waals surface area contributed by atoms with E-state index in [0.29, 0.717) is 12.8 Å². The molecule has 1 saturated carbocycles. The number of allylic oxidation sites excluding steroid dienone is 1.